The number of hydrogen-bond donors (Lipinski definition) is 2. The summed E-state index contributed by atoms with van der Waals surface area (Å²) < 4.78 is 12.6. The molecule has 0 aliphatic carbocycles. The third kappa shape index (κ3) is 6.66. The van der Waals surface area contributed by atoms with E-state index < -0.39 is 11.6 Å². The van der Waals surface area contributed by atoms with Gasteiger partial charge in [0.05, 0.1) is 22.4 Å². The van der Waals surface area contributed by atoms with Crippen LogP contribution >= 0.6 is 11.3 Å². The van der Waals surface area contributed by atoms with Gasteiger partial charge in [-0.3, -0.25) is 0 Å². The van der Waals surface area contributed by atoms with Crippen LogP contribution in [0, 0.1) is 0 Å². The van der Waals surface area contributed by atoms with Crippen molar-refractivity contribution < 1.29 is 19.4 Å². The molecular formula is C25H31N3O4S. The molecule has 1 fully saturated rings. The van der Waals surface area contributed by atoms with Gasteiger partial charge in [-0.05, 0) is 62.9 Å². The van der Waals surface area contributed by atoms with Crippen LogP contribution in [0.4, 0.5) is 4.79 Å². The number of amides is 1. The van der Waals surface area contributed by atoms with Gasteiger partial charge < -0.3 is 24.8 Å². The number of para-hydroxylation sites is 1. The number of rotatable bonds is 8. The predicted octanol–water partition coefficient (Wildman–Crippen LogP) is 4.59. The highest BCUT2D eigenvalue weighted by atomic mass is 32.1. The number of aliphatic hydroxyl groups excluding tert-OH is 1. The number of aromatic nitrogens is 1. The summed E-state index contributed by atoms with van der Waals surface area (Å²) in [7, 11) is 0. The number of nitrogens with zero attached hydrogens (tertiary/aromatic N) is 2. The number of hydrogen-bond acceptors (Lipinski definition) is 7. The first-order valence-corrected chi connectivity index (χ1v) is 12.2. The Morgan fingerprint density at radius 1 is 1.18 bits per heavy atom. The summed E-state index contributed by atoms with van der Waals surface area (Å²) in [5.41, 5.74) is 1.54. The summed E-state index contributed by atoms with van der Waals surface area (Å²) in [6.07, 6.45) is 2.07. The average molecular weight is 470 g/mol. The van der Waals surface area contributed by atoms with Gasteiger partial charge in [0.2, 0.25) is 0 Å². The molecular weight excluding hydrogens is 438 g/mol. The number of likely N-dealkylation sites (tertiary alicyclic amines) is 1. The summed E-state index contributed by atoms with van der Waals surface area (Å²) in [6.45, 7) is 6.16. The Balaban J connectivity index is 1.19. The predicted molar refractivity (Wildman–Crippen MR) is 130 cm³/mol. The smallest absolute Gasteiger partial charge is 0.407 e. The third-order valence-corrected chi connectivity index (χ3v) is 6.68. The molecule has 3 aromatic rings. The Hall–Kier alpha value is -2.68. The van der Waals surface area contributed by atoms with Crippen LogP contribution in [0.25, 0.3) is 10.2 Å². The van der Waals surface area contributed by atoms with E-state index in [4.69, 9.17) is 9.47 Å². The summed E-state index contributed by atoms with van der Waals surface area (Å²) >= 11 is 1.55. The van der Waals surface area contributed by atoms with E-state index in [-0.39, 0.29) is 12.7 Å². The number of benzene rings is 2. The maximum Gasteiger partial charge on any atom is 0.407 e. The zero-order chi connectivity index (χ0) is 23.3. The van der Waals surface area contributed by atoms with E-state index in [0.717, 1.165) is 54.9 Å². The molecule has 1 aliphatic rings. The van der Waals surface area contributed by atoms with Crippen LogP contribution in [0.5, 0.6) is 10.9 Å². The van der Waals surface area contributed by atoms with Crippen LogP contribution in [0.2, 0.25) is 0 Å². The number of piperidine rings is 1. The number of carbonyl (C=O) groups excluding carboxylic acids is 1. The van der Waals surface area contributed by atoms with Crippen molar-refractivity contribution in [2.45, 2.75) is 44.8 Å². The normalized spacial score (nSPS) is 15.5. The van der Waals surface area contributed by atoms with Crippen molar-refractivity contribution in [1.82, 2.24) is 15.2 Å². The van der Waals surface area contributed by atoms with E-state index in [1.54, 1.807) is 25.2 Å². The van der Waals surface area contributed by atoms with E-state index in [9.17, 15) is 9.90 Å². The van der Waals surface area contributed by atoms with Gasteiger partial charge in [-0.2, -0.15) is 0 Å². The number of thiazole rings is 1. The van der Waals surface area contributed by atoms with Crippen LogP contribution in [0.3, 0.4) is 0 Å². The molecule has 1 amide bonds. The van der Waals surface area contributed by atoms with Gasteiger partial charge in [0.15, 0.2) is 0 Å². The van der Waals surface area contributed by atoms with E-state index in [0.29, 0.717) is 5.19 Å². The SMILES string of the molecule is CC(C)(CO)NC(=O)OC1CCN(CCc2ccc(Oc3nc4ccccc4s3)cc2)CC1. The quantitative estimate of drug-likeness (QED) is 0.502. The molecule has 176 valence electrons. The van der Waals surface area contributed by atoms with Crippen molar-refractivity contribution in [2.24, 2.45) is 0 Å². The molecule has 1 aliphatic heterocycles. The number of aliphatic hydroxyl groups is 1. The minimum Gasteiger partial charge on any atom is -0.446 e. The molecule has 1 aromatic heterocycles. The first-order chi connectivity index (χ1) is 15.9. The van der Waals surface area contributed by atoms with Crippen molar-refractivity contribution in [3.63, 3.8) is 0 Å². The Kier molecular flexibility index (Phi) is 7.47. The summed E-state index contributed by atoms with van der Waals surface area (Å²) in [6, 6.07) is 16.2. The highest BCUT2D eigenvalue weighted by Crippen LogP contribution is 2.31. The van der Waals surface area contributed by atoms with Crippen LogP contribution < -0.4 is 10.1 Å². The summed E-state index contributed by atoms with van der Waals surface area (Å²) in [4.78, 5) is 18.9. The zero-order valence-electron chi connectivity index (χ0n) is 19.1. The van der Waals surface area contributed by atoms with Gasteiger partial charge in [-0.1, -0.05) is 35.6 Å². The second-order valence-electron chi connectivity index (χ2n) is 9.06. The Morgan fingerprint density at radius 3 is 2.61 bits per heavy atom. The van der Waals surface area contributed by atoms with Gasteiger partial charge in [-0.25, -0.2) is 9.78 Å². The topological polar surface area (TPSA) is 83.9 Å². The summed E-state index contributed by atoms with van der Waals surface area (Å²) in [5, 5.41) is 12.6. The molecule has 0 spiro atoms. The molecule has 1 saturated heterocycles. The first kappa shape index (κ1) is 23.5. The standard InChI is InChI=1S/C25H31N3O4S/c1-25(2,17-29)27-23(30)31-20-12-15-28(16-13-20)14-11-18-7-9-19(10-8-18)32-24-26-21-5-3-4-6-22(21)33-24/h3-10,20,29H,11-17H2,1-2H3,(H,27,30). The molecule has 4 rings (SSSR count). The van der Waals surface area contributed by atoms with Gasteiger partial charge >= 0.3 is 6.09 Å². The van der Waals surface area contributed by atoms with Crippen LogP contribution in [0.15, 0.2) is 48.5 Å². The van der Waals surface area contributed by atoms with Gasteiger partial charge in [-0.15, -0.1) is 0 Å². The van der Waals surface area contributed by atoms with Crippen molar-refractivity contribution >= 4 is 27.6 Å². The molecule has 2 N–H and O–H groups in total. The molecule has 0 unspecified atom stereocenters. The number of fused-ring (bicyclic) bond motifs is 1. The monoisotopic (exact) mass is 469 g/mol. The largest absolute Gasteiger partial charge is 0.446 e. The Labute approximate surface area is 198 Å². The third-order valence-electron chi connectivity index (χ3n) is 5.76. The highest BCUT2D eigenvalue weighted by Gasteiger charge is 2.25. The Bertz CT molecular complexity index is 1030. The molecule has 7 nitrogen and oxygen atoms in total. The first-order valence-electron chi connectivity index (χ1n) is 11.3. The lowest BCUT2D eigenvalue weighted by molar-refractivity contribution is 0.0436. The number of nitrogens with one attached hydrogen (secondary N) is 1. The fourth-order valence-corrected chi connectivity index (χ4v) is 4.59. The molecule has 0 saturated carbocycles. The van der Waals surface area contributed by atoms with Crippen LogP contribution in [0.1, 0.15) is 32.3 Å². The lowest BCUT2D eigenvalue weighted by atomic mass is 10.1. The minimum atomic E-state index is -0.674. The second-order valence-corrected chi connectivity index (χ2v) is 10.1. The van der Waals surface area contributed by atoms with E-state index in [1.165, 1.54) is 5.56 Å². The maximum atomic E-state index is 12.0. The molecule has 0 radical (unpaired) electrons. The zero-order valence-corrected chi connectivity index (χ0v) is 19.9. The molecule has 8 heteroatoms. The van der Waals surface area contributed by atoms with Crippen molar-refractivity contribution in [2.75, 3.05) is 26.2 Å². The van der Waals surface area contributed by atoms with Gasteiger partial charge in [0, 0.05) is 19.6 Å². The lowest BCUT2D eigenvalue weighted by Crippen LogP contribution is -2.48. The van der Waals surface area contributed by atoms with Crippen molar-refractivity contribution in [3.05, 3.63) is 54.1 Å². The Morgan fingerprint density at radius 2 is 1.91 bits per heavy atom. The molecule has 2 aromatic carbocycles. The fourth-order valence-electron chi connectivity index (χ4n) is 3.75. The van der Waals surface area contributed by atoms with E-state index in [2.05, 4.69) is 27.3 Å². The maximum absolute atomic E-state index is 12.0. The molecule has 33 heavy (non-hydrogen) atoms. The minimum absolute atomic E-state index is 0.0744. The van der Waals surface area contributed by atoms with E-state index in [1.807, 2.05) is 36.4 Å². The number of ether oxygens (including phenoxy) is 2. The summed E-state index contributed by atoms with van der Waals surface area (Å²) in [5.74, 6) is 0.790. The highest BCUT2D eigenvalue weighted by molar-refractivity contribution is 7.20. The van der Waals surface area contributed by atoms with Crippen LogP contribution in [-0.2, 0) is 11.2 Å². The van der Waals surface area contributed by atoms with Gasteiger partial charge in [0.25, 0.3) is 5.19 Å². The lowest BCUT2D eigenvalue weighted by Gasteiger charge is -2.32. The van der Waals surface area contributed by atoms with E-state index >= 15 is 0 Å². The van der Waals surface area contributed by atoms with Gasteiger partial charge in [0.1, 0.15) is 11.9 Å². The number of alkyl carbamates (subject to hydrolysis) is 1. The van der Waals surface area contributed by atoms with Crippen molar-refractivity contribution in [3.8, 4) is 10.9 Å². The average Bonchev–Trinajstić information content (AvgIpc) is 3.21. The molecule has 0 bridgehead atoms. The van der Waals surface area contributed by atoms with Crippen molar-refractivity contribution in [1.29, 1.82) is 0 Å². The molecule has 2 heterocycles. The van der Waals surface area contributed by atoms with Crippen LogP contribution in [-0.4, -0.2) is 59.0 Å². The second kappa shape index (κ2) is 10.5. The number of carbonyl (C=O) groups is 1. The fraction of sp³-hybridized carbons (Fsp3) is 0.440. The molecule has 0 atom stereocenters.